The van der Waals surface area contributed by atoms with E-state index in [-0.39, 0.29) is 25.6 Å². The number of carboxylic acid groups (broad SMARTS) is 1. The van der Waals surface area contributed by atoms with Gasteiger partial charge in [0, 0.05) is 6.42 Å². The molecule has 0 aliphatic heterocycles. The van der Waals surface area contributed by atoms with Crippen molar-refractivity contribution in [3.8, 4) is 5.75 Å². The molecule has 3 N–H and O–H groups in total. The lowest BCUT2D eigenvalue weighted by atomic mass is 9.87. The molecule has 6 heteroatoms. The lowest BCUT2D eigenvalue weighted by Crippen LogP contribution is -2.29. The highest BCUT2D eigenvalue weighted by Gasteiger charge is 2.29. The minimum absolute atomic E-state index is 0.0715. The van der Waals surface area contributed by atoms with Crippen molar-refractivity contribution in [2.75, 3.05) is 13.2 Å². The van der Waals surface area contributed by atoms with E-state index in [1.807, 2.05) is 6.07 Å². The number of aliphatic hydroxyl groups is 2. The molecular formula is C16H24O6. The Balaban J connectivity index is 0.000000980. The molecule has 0 fully saturated rings. The minimum Gasteiger partial charge on any atom is -0.481 e. The summed E-state index contributed by atoms with van der Waals surface area (Å²) in [6, 6.07) is 8.85. The van der Waals surface area contributed by atoms with E-state index in [0.717, 1.165) is 0 Å². The van der Waals surface area contributed by atoms with Crippen LogP contribution < -0.4 is 4.74 Å². The van der Waals surface area contributed by atoms with Gasteiger partial charge in [0.15, 0.2) is 0 Å². The Morgan fingerprint density at radius 2 is 1.64 bits per heavy atom. The van der Waals surface area contributed by atoms with Gasteiger partial charge in [-0.25, -0.2) is 0 Å². The zero-order valence-corrected chi connectivity index (χ0v) is 13.0. The van der Waals surface area contributed by atoms with Gasteiger partial charge >= 0.3 is 11.9 Å². The third kappa shape index (κ3) is 9.10. The van der Waals surface area contributed by atoms with E-state index in [1.54, 1.807) is 38.1 Å². The first-order chi connectivity index (χ1) is 10.3. The van der Waals surface area contributed by atoms with Crippen LogP contribution in [0.3, 0.4) is 0 Å². The van der Waals surface area contributed by atoms with Crippen molar-refractivity contribution in [2.45, 2.75) is 33.1 Å². The van der Waals surface area contributed by atoms with E-state index in [9.17, 15) is 9.59 Å². The van der Waals surface area contributed by atoms with Gasteiger partial charge in [0.1, 0.15) is 5.75 Å². The predicted molar refractivity (Wildman–Crippen MR) is 81.5 cm³/mol. The summed E-state index contributed by atoms with van der Waals surface area (Å²) in [5.41, 5.74) is -0.675. The molecule has 0 bridgehead atoms. The van der Waals surface area contributed by atoms with Crippen molar-refractivity contribution < 1.29 is 29.6 Å². The highest BCUT2D eigenvalue weighted by molar-refractivity contribution is 5.78. The SMILES string of the molecule is CC(C)(CCCC(=O)O)C(=O)Oc1ccccc1.OCCO. The fourth-order valence-corrected chi connectivity index (χ4v) is 1.52. The molecule has 0 aromatic heterocycles. The van der Waals surface area contributed by atoms with Crippen LogP contribution >= 0.6 is 0 Å². The van der Waals surface area contributed by atoms with E-state index in [0.29, 0.717) is 18.6 Å². The van der Waals surface area contributed by atoms with Crippen molar-refractivity contribution in [2.24, 2.45) is 5.41 Å². The molecule has 1 rings (SSSR count). The van der Waals surface area contributed by atoms with Gasteiger partial charge < -0.3 is 20.1 Å². The summed E-state index contributed by atoms with van der Waals surface area (Å²) in [6.45, 7) is 3.28. The van der Waals surface area contributed by atoms with E-state index in [2.05, 4.69) is 0 Å². The van der Waals surface area contributed by atoms with Gasteiger partial charge in [-0.1, -0.05) is 18.2 Å². The van der Waals surface area contributed by atoms with E-state index in [4.69, 9.17) is 20.1 Å². The molecule has 0 saturated heterocycles. The minimum atomic E-state index is -0.845. The molecule has 0 aliphatic rings. The summed E-state index contributed by atoms with van der Waals surface area (Å²) < 4.78 is 5.25. The number of aliphatic hydroxyl groups excluding tert-OH is 2. The van der Waals surface area contributed by atoms with Gasteiger partial charge in [-0.3, -0.25) is 9.59 Å². The van der Waals surface area contributed by atoms with Gasteiger partial charge in [0.05, 0.1) is 18.6 Å². The quantitative estimate of drug-likeness (QED) is 0.524. The van der Waals surface area contributed by atoms with Crippen molar-refractivity contribution in [3.05, 3.63) is 30.3 Å². The molecule has 0 atom stereocenters. The molecule has 0 radical (unpaired) electrons. The number of ether oxygens (including phenoxy) is 1. The molecule has 0 heterocycles. The second-order valence-corrected chi connectivity index (χ2v) is 5.28. The maximum absolute atomic E-state index is 11.9. The number of benzene rings is 1. The van der Waals surface area contributed by atoms with Gasteiger partial charge in [0.25, 0.3) is 0 Å². The average Bonchev–Trinajstić information content (AvgIpc) is 2.48. The van der Waals surface area contributed by atoms with Gasteiger partial charge in [-0.2, -0.15) is 0 Å². The number of hydrogen-bond donors (Lipinski definition) is 3. The molecule has 22 heavy (non-hydrogen) atoms. The summed E-state index contributed by atoms with van der Waals surface area (Å²) in [7, 11) is 0. The van der Waals surface area contributed by atoms with Crippen LogP contribution in [0.4, 0.5) is 0 Å². The number of esters is 1. The van der Waals surface area contributed by atoms with Crippen molar-refractivity contribution in [1.29, 1.82) is 0 Å². The second-order valence-electron chi connectivity index (χ2n) is 5.28. The zero-order valence-electron chi connectivity index (χ0n) is 13.0. The van der Waals surface area contributed by atoms with Crippen molar-refractivity contribution in [1.82, 2.24) is 0 Å². The third-order valence-electron chi connectivity index (χ3n) is 2.80. The largest absolute Gasteiger partial charge is 0.481 e. The van der Waals surface area contributed by atoms with Gasteiger partial charge in [0.2, 0.25) is 0 Å². The number of rotatable bonds is 7. The summed E-state index contributed by atoms with van der Waals surface area (Å²) in [5, 5.41) is 23.8. The van der Waals surface area contributed by atoms with E-state index in [1.165, 1.54) is 0 Å². The summed E-state index contributed by atoms with van der Waals surface area (Å²) in [6.07, 6.45) is 1.03. The fourth-order valence-electron chi connectivity index (χ4n) is 1.52. The van der Waals surface area contributed by atoms with Gasteiger partial charge in [-0.15, -0.1) is 0 Å². The first-order valence-electron chi connectivity index (χ1n) is 7.04. The summed E-state index contributed by atoms with van der Waals surface area (Å²) >= 11 is 0. The van der Waals surface area contributed by atoms with Crippen LogP contribution in [0.5, 0.6) is 5.75 Å². The number of aliphatic carboxylic acids is 1. The Morgan fingerprint density at radius 3 is 2.09 bits per heavy atom. The average molecular weight is 312 g/mol. The Kier molecular flexibility index (Phi) is 9.82. The number of para-hydroxylation sites is 1. The molecule has 1 aromatic carbocycles. The van der Waals surface area contributed by atoms with Crippen LogP contribution in [0.25, 0.3) is 0 Å². The lowest BCUT2D eigenvalue weighted by Gasteiger charge is -2.21. The van der Waals surface area contributed by atoms with Crippen molar-refractivity contribution >= 4 is 11.9 Å². The van der Waals surface area contributed by atoms with Crippen LogP contribution in [-0.4, -0.2) is 40.5 Å². The van der Waals surface area contributed by atoms with Crippen LogP contribution in [0.1, 0.15) is 33.1 Å². The van der Waals surface area contributed by atoms with Crippen LogP contribution in [0, 0.1) is 5.41 Å². The maximum atomic E-state index is 11.9. The molecule has 0 unspecified atom stereocenters. The standard InChI is InChI=1S/C14H18O4.C2H6O2/c1-14(2,10-6-9-12(15)16)13(17)18-11-7-4-3-5-8-11;3-1-2-4/h3-5,7-8H,6,9-10H2,1-2H3,(H,15,16);3-4H,1-2H2. The number of carbonyl (C=O) groups is 2. The van der Waals surface area contributed by atoms with Gasteiger partial charge in [-0.05, 0) is 38.8 Å². The number of hydrogen-bond acceptors (Lipinski definition) is 5. The first kappa shape index (κ1) is 20.1. The number of carboxylic acids is 1. The number of carbonyl (C=O) groups excluding carboxylic acids is 1. The normalized spacial score (nSPS) is 10.4. The Labute approximate surface area is 130 Å². The summed E-state index contributed by atoms with van der Waals surface area (Å²) in [5.74, 6) is -0.671. The lowest BCUT2D eigenvalue weighted by molar-refractivity contribution is -0.145. The molecule has 124 valence electrons. The first-order valence-corrected chi connectivity index (χ1v) is 7.04. The fraction of sp³-hybridized carbons (Fsp3) is 0.500. The second kappa shape index (κ2) is 10.8. The smallest absolute Gasteiger partial charge is 0.316 e. The third-order valence-corrected chi connectivity index (χ3v) is 2.80. The Hall–Kier alpha value is -1.92. The molecule has 0 spiro atoms. The highest BCUT2D eigenvalue weighted by Crippen LogP contribution is 2.26. The zero-order chi connectivity index (χ0) is 17.0. The van der Waals surface area contributed by atoms with Crippen LogP contribution in [0.2, 0.25) is 0 Å². The molecule has 0 aliphatic carbocycles. The van der Waals surface area contributed by atoms with Crippen LogP contribution in [-0.2, 0) is 9.59 Å². The Morgan fingerprint density at radius 1 is 1.09 bits per heavy atom. The molecule has 0 amide bonds. The predicted octanol–water partition coefficient (Wildman–Crippen LogP) is 1.84. The molecule has 1 aromatic rings. The highest BCUT2D eigenvalue weighted by atomic mass is 16.5. The molecular weight excluding hydrogens is 288 g/mol. The topological polar surface area (TPSA) is 104 Å². The summed E-state index contributed by atoms with van der Waals surface area (Å²) in [4.78, 5) is 22.4. The van der Waals surface area contributed by atoms with Crippen molar-refractivity contribution in [3.63, 3.8) is 0 Å². The molecule has 0 saturated carbocycles. The van der Waals surface area contributed by atoms with E-state index < -0.39 is 11.4 Å². The van der Waals surface area contributed by atoms with E-state index >= 15 is 0 Å². The Bertz CT molecular complexity index is 439. The maximum Gasteiger partial charge on any atom is 0.316 e. The monoisotopic (exact) mass is 312 g/mol. The molecule has 6 nitrogen and oxygen atoms in total. The van der Waals surface area contributed by atoms with Crippen LogP contribution in [0.15, 0.2) is 30.3 Å².